The van der Waals surface area contributed by atoms with E-state index in [2.05, 4.69) is 0 Å². The Morgan fingerprint density at radius 3 is 2.29 bits per heavy atom. The molecule has 1 aliphatic rings. The first-order chi connectivity index (χ1) is 7.56. The summed E-state index contributed by atoms with van der Waals surface area (Å²) in [7, 11) is -5.77. The topological polar surface area (TPSA) is 77.2 Å². The predicted octanol–water partition coefficient (Wildman–Crippen LogP) is 1.58. The van der Waals surface area contributed by atoms with Gasteiger partial charge in [-0.25, -0.2) is 8.42 Å². The largest absolute Gasteiger partial charge is 0.323 e. The SMILES string of the molecule is CC(C)S(=O)(=O)C1C=C(P(C)(C)=O)C=C[C@H]1N. The monoisotopic (exact) mass is 277 g/mol. The number of allylic oxidation sites excluding steroid dienone is 2. The van der Waals surface area contributed by atoms with Crippen molar-refractivity contribution in [2.24, 2.45) is 5.73 Å². The zero-order chi connectivity index (χ0) is 13.4. The normalized spacial score (nSPS) is 26.1. The van der Waals surface area contributed by atoms with Crippen LogP contribution in [0.3, 0.4) is 0 Å². The molecule has 0 aliphatic heterocycles. The summed E-state index contributed by atoms with van der Waals surface area (Å²) in [4.78, 5) is 0. The van der Waals surface area contributed by atoms with Crippen molar-refractivity contribution in [3.05, 3.63) is 23.5 Å². The molecule has 0 fully saturated rings. The lowest BCUT2D eigenvalue weighted by molar-refractivity contribution is 0.572. The molecule has 0 aromatic carbocycles. The summed E-state index contributed by atoms with van der Waals surface area (Å²) in [6.07, 6.45) is 4.86. The van der Waals surface area contributed by atoms with Crippen molar-refractivity contribution in [3.8, 4) is 0 Å². The highest BCUT2D eigenvalue weighted by atomic mass is 32.2. The van der Waals surface area contributed by atoms with Crippen molar-refractivity contribution in [1.29, 1.82) is 0 Å². The minimum atomic E-state index is -3.32. The van der Waals surface area contributed by atoms with E-state index in [9.17, 15) is 13.0 Å². The molecule has 98 valence electrons. The first-order valence-corrected chi connectivity index (χ1v) is 9.71. The van der Waals surface area contributed by atoms with Gasteiger partial charge in [0.2, 0.25) is 0 Å². The minimum Gasteiger partial charge on any atom is -0.323 e. The number of sulfone groups is 1. The maximum absolute atomic E-state index is 12.1. The molecule has 0 amide bonds. The van der Waals surface area contributed by atoms with E-state index in [1.165, 1.54) is 0 Å². The number of hydrogen-bond donors (Lipinski definition) is 1. The molecule has 1 aliphatic carbocycles. The molecule has 4 nitrogen and oxygen atoms in total. The molecule has 0 saturated heterocycles. The Hall–Kier alpha value is -0.380. The quantitative estimate of drug-likeness (QED) is 0.794. The zero-order valence-corrected chi connectivity index (χ0v) is 12.3. The Morgan fingerprint density at radius 2 is 1.88 bits per heavy atom. The second-order valence-electron chi connectivity index (χ2n) is 4.98. The van der Waals surface area contributed by atoms with Gasteiger partial charge in [-0.3, -0.25) is 0 Å². The molecule has 2 atom stereocenters. The standard InChI is InChI=1S/C11H20NO3PS/c1-8(2)17(14,15)11-7-9(16(3,4)13)5-6-10(11)12/h5-8,10-11H,12H2,1-4H3/t10-,11?/m1/s1. The van der Waals surface area contributed by atoms with Gasteiger partial charge in [0.15, 0.2) is 9.84 Å². The fraction of sp³-hybridized carbons (Fsp3) is 0.636. The van der Waals surface area contributed by atoms with Crippen LogP contribution in [0.2, 0.25) is 0 Å². The maximum Gasteiger partial charge on any atom is 0.160 e. The molecule has 0 bridgehead atoms. The van der Waals surface area contributed by atoms with Gasteiger partial charge in [-0.1, -0.05) is 18.2 Å². The summed E-state index contributed by atoms with van der Waals surface area (Å²) in [5.74, 6) is 0. The molecule has 1 unspecified atom stereocenters. The third kappa shape index (κ3) is 3.09. The van der Waals surface area contributed by atoms with Crippen molar-refractivity contribution < 1.29 is 13.0 Å². The third-order valence-electron chi connectivity index (χ3n) is 2.86. The molecule has 6 heteroatoms. The van der Waals surface area contributed by atoms with Gasteiger partial charge in [-0.2, -0.15) is 0 Å². The van der Waals surface area contributed by atoms with Crippen LogP contribution in [0.25, 0.3) is 0 Å². The molecular formula is C11H20NO3PS. The Morgan fingerprint density at radius 1 is 1.35 bits per heavy atom. The summed E-state index contributed by atoms with van der Waals surface area (Å²) in [5.41, 5.74) is 5.81. The second kappa shape index (κ2) is 4.71. The minimum absolute atomic E-state index is 0.490. The molecular weight excluding hydrogens is 257 g/mol. The molecule has 2 N–H and O–H groups in total. The van der Waals surface area contributed by atoms with Crippen LogP contribution in [0.15, 0.2) is 23.5 Å². The van der Waals surface area contributed by atoms with Crippen LogP contribution in [0.4, 0.5) is 0 Å². The Balaban J connectivity index is 3.23. The van der Waals surface area contributed by atoms with Gasteiger partial charge in [0.05, 0.1) is 10.5 Å². The molecule has 0 radical (unpaired) electrons. The molecule has 0 aromatic heterocycles. The molecule has 0 aromatic rings. The van der Waals surface area contributed by atoms with Crippen LogP contribution in [0, 0.1) is 0 Å². The number of hydrogen-bond acceptors (Lipinski definition) is 4. The van der Waals surface area contributed by atoms with Gasteiger partial charge in [0.25, 0.3) is 0 Å². The van der Waals surface area contributed by atoms with Crippen molar-refractivity contribution in [2.45, 2.75) is 30.4 Å². The van der Waals surface area contributed by atoms with Crippen molar-refractivity contribution in [2.75, 3.05) is 13.3 Å². The molecule has 0 heterocycles. The number of rotatable bonds is 3. The molecule has 0 spiro atoms. The summed E-state index contributed by atoms with van der Waals surface area (Å²) in [6, 6.07) is -0.558. The van der Waals surface area contributed by atoms with E-state index in [-0.39, 0.29) is 0 Å². The zero-order valence-electron chi connectivity index (χ0n) is 10.6. The van der Waals surface area contributed by atoms with Crippen LogP contribution >= 0.6 is 7.14 Å². The smallest absolute Gasteiger partial charge is 0.160 e. The van der Waals surface area contributed by atoms with Gasteiger partial charge < -0.3 is 10.3 Å². The van der Waals surface area contributed by atoms with Gasteiger partial charge in [0, 0.05) is 11.4 Å². The van der Waals surface area contributed by atoms with Crippen molar-refractivity contribution in [3.63, 3.8) is 0 Å². The van der Waals surface area contributed by atoms with Crippen LogP contribution in [0.5, 0.6) is 0 Å². The highest BCUT2D eigenvalue weighted by Gasteiger charge is 2.34. The van der Waals surface area contributed by atoms with E-state index in [1.807, 2.05) is 0 Å². The molecule has 0 saturated carbocycles. The van der Waals surface area contributed by atoms with Crippen molar-refractivity contribution in [1.82, 2.24) is 0 Å². The highest BCUT2D eigenvalue weighted by Crippen LogP contribution is 2.48. The Labute approximate surface area is 103 Å². The Kier molecular flexibility index (Phi) is 4.07. The van der Waals surface area contributed by atoms with Gasteiger partial charge in [0.1, 0.15) is 7.14 Å². The second-order valence-corrected chi connectivity index (χ2v) is 10.9. The Bertz CT molecular complexity index is 499. The lowest BCUT2D eigenvalue weighted by Gasteiger charge is -2.26. The molecule has 1 rings (SSSR count). The van der Waals surface area contributed by atoms with Crippen molar-refractivity contribution >= 4 is 17.0 Å². The number of nitrogens with two attached hydrogens (primary N) is 1. The van der Waals surface area contributed by atoms with E-state index >= 15 is 0 Å². The average molecular weight is 277 g/mol. The predicted molar refractivity (Wildman–Crippen MR) is 72.5 cm³/mol. The van der Waals surface area contributed by atoms with Gasteiger partial charge >= 0.3 is 0 Å². The average Bonchev–Trinajstić information content (AvgIpc) is 2.15. The first kappa shape index (κ1) is 14.7. The summed E-state index contributed by atoms with van der Waals surface area (Å²) in [6.45, 7) is 6.51. The molecule has 17 heavy (non-hydrogen) atoms. The highest BCUT2D eigenvalue weighted by molar-refractivity contribution is 7.92. The van der Waals surface area contributed by atoms with Crippen LogP contribution in [0.1, 0.15) is 13.8 Å². The van der Waals surface area contributed by atoms with Crippen LogP contribution in [-0.2, 0) is 14.4 Å². The van der Waals surface area contributed by atoms with Gasteiger partial charge in [-0.05, 0) is 27.2 Å². The van der Waals surface area contributed by atoms with E-state index in [1.54, 1.807) is 45.4 Å². The summed E-state index contributed by atoms with van der Waals surface area (Å²) >= 11 is 0. The van der Waals surface area contributed by atoms with E-state index < -0.39 is 33.5 Å². The van der Waals surface area contributed by atoms with Gasteiger partial charge in [-0.15, -0.1) is 0 Å². The summed E-state index contributed by atoms with van der Waals surface area (Å²) in [5, 5.41) is -0.667. The lowest BCUT2D eigenvalue weighted by atomic mass is 10.1. The fourth-order valence-electron chi connectivity index (χ4n) is 1.64. The van der Waals surface area contributed by atoms with E-state index in [0.29, 0.717) is 5.31 Å². The maximum atomic E-state index is 12.1. The van der Waals surface area contributed by atoms with Crippen LogP contribution in [-0.4, -0.2) is 38.3 Å². The lowest BCUT2D eigenvalue weighted by Crippen LogP contribution is -2.42. The fourth-order valence-corrected chi connectivity index (χ4v) is 4.20. The summed E-state index contributed by atoms with van der Waals surface area (Å²) < 4.78 is 36.2. The van der Waals surface area contributed by atoms with Crippen LogP contribution < -0.4 is 5.73 Å². The third-order valence-corrected chi connectivity index (χ3v) is 6.93. The van der Waals surface area contributed by atoms with E-state index in [4.69, 9.17) is 5.73 Å². The van der Waals surface area contributed by atoms with E-state index in [0.717, 1.165) is 0 Å². The first-order valence-electron chi connectivity index (χ1n) is 5.50.